The van der Waals surface area contributed by atoms with Gasteiger partial charge in [0, 0.05) is 10.9 Å². The van der Waals surface area contributed by atoms with Gasteiger partial charge in [0.15, 0.2) is 0 Å². The molecule has 2 N–H and O–H groups in total. The van der Waals surface area contributed by atoms with E-state index in [2.05, 4.69) is 26.8 Å². The van der Waals surface area contributed by atoms with Crippen molar-refractivity contribution in [1.82, 2.24) is 0 Å². The molecule has 0 atom stereocenters. The van der Waals surface area contributed by atoms with Crippen LogP contribution in [0.25, 0.3) is 0 Å². The van der Waals surface area contributed by atoms with E-state index >= 15 is 0 Å². The second kappa shape index (κ2) is 2.90. The zero-order chi connectivity index (χ0) is 9.35. The zero-order valence-corrected chi connectivity index (χ0v) is 8.29. The van der Waals surface area contributed by atoms with Gasteiger partial charge in [0.1, 0.15) is 0 Å². The first-order chi connectivity index (χ1) is 5.41. The van der Waals surface area contributed by atoms with E-state index in [0.717, 1.165) is 4.88 Å². The normalized spacial score (nSPS) is 11.6. The molecule has 0 aliphatic carbocycles. The minimum Gasteiger partial charge on any atom is -0.365 e. The van der Waals surface area contributed by atoms with Crippen LogP contribution in [-0.2, 0) is 5.41 Å². The zero-order valence-electron chi connectivity index (χ0n) is 7.47. The van der Waals surface area contributed by atoms with Crippen molar-refractivity contribution in [2.45, 2.75) is 26.2 Å². The van der Waals surface area contributed by atoms with E-state index < -0.39 is 5.91 Å². The molecule has 0 aromatic carbocycles. The molecule has 65 valence electrons. The predicted molar refractivity (Wildman–Crippen MR) is 50.4 cm³/mol. The minimum absolute atomic E-state index is 0.0782. The Labute approximate surface area is 76.4 Å². The summed E-state index contributed by atoms with van der Waals surface area (Å²) >= 11 is 1.42. The van der Waals surface area contributed by atoms with Gasteiger partial charge in [0.25, 0.3) is 5.91 Å². The molecule has 0 bridgehead atoms. The highest BCUT2D eigenvalue weighted by atomic mass is 32.1. The molecule has 1 amide bonds. The molecular weight excluding hydrogens is 170 g/mol. The van der Waals surface area contributed by atoms with Crippen LogP contribution in [0.2, 0.25) is 0 Å². The molecule has 12 heavy (non-hydrogen) atoms. The highest BCUT2D eigenvalue weighted by Gasteiger charge is 2.17. The van der Waals surface area contributed by atoms with Gasteiger partial charge in [-0.2, -0.15) is 0 Å². The van der Waals surface area contributed by atoms with Crippen LogP contribution in [0.3, 0.4) is 0 Å². The molecule has 0 fully saturated rings. The molecular formula is C9H12NOS. The summed E-state index contributed by atoms with van der Waals surface area (Å²) in [7, 11) is 0. The van der Waals surface area contributed by atoms with E-state index in [4.69, 9.17) is 5.73 Å². The number of amides is 1. The van der Waals surface area contributed by atoms with Crippen molar-refractivity contribution in [3.05, 3.63) is 21.9 Å². The Bertz CT molecular complexity index is 296. The number of carbonyl (C=O) groups is 1. The Morgan fingerprint density at radius 3 is 2.42 bits per heavy atom. The largest absolute Gasteiger partial charge is 0.365 e. The second-order valence-corrected chi connectivity index (χ2v) is 4.75. The summed E-state index contributed by atoms with van der Waals surface area (Å²) < 4.78 is 0. The maximum absolute atomic E-state index is 10.7. The molecule has 1 heterocycles. The fourth-order valence-corrected chi connectivity index (χ4v) is 1.65. The van der Waals surface area contributed by atoms with Gasteiger partial charge >= 0.3 is 0 Å². The average Bonchev–Trinajstić information content (AvgIpc) is 2.30. The van der Waals surface area contributed by atoms with Crippen molar-refractivity contribution in [3.63, 3.8) is 0 Å². The fourth-order valence-electron chi connectivity index (χ4n) is 0.791. The van der Waals surface area contributed by atoms with Gasteiger partial charge in [0.2, 0.25) is 0 Å². The van der Waals surface area contributed by atoms with Gasteiger partial charge in [0.05, 0.1) is 4.88 Å². The van der Waals surface area contributed by atoms with Crippen molar-refractivity contribution >= 4 is 17.2 Å². The summed E-state index contributed by atoms with van der Waals surface area (Å²) in [5.74, 6) is -0.393. The Hall–Kier alpha value is -0.830. The Kier molecular flexibility index (Phi) is 2.24. The predicted octanol–water partition coefficient (Wildman–Crippen LogP) is 1.94. The van der Waals surface area contributed by atoms with Gasteiger partial charge in [-0.25, -0.2) is 0 Å². The first-order valence-corrected chi connectivity index (χ1v) is 4.54. The molecule has 1 aromatic heterocycles. The highest BCUT2D eigenvalue weighted by Crippen LogP contribution is 2.28. The number of hydrogen-bond acceptors (Lipinski definition) is 2. The van der Waals surface area contributed by atoms with Crippen LogP contribution in [0.5, 0.6) is 0 Å². The van der Waals surface area contributed by atoms with E-state index in [1.165, 1.54) is 11.3 Å². The molecule has 0 saturated carbocycles. The second-order valence-electron chi connectivity index (χ2n) is 3.70. The quantitative estimate of drug-likeness (QED) is 0.708. The lowest BCUT2D eigenvalue weighted by molar-refractivity contribution is 0.100. The first-order valence-electron chi connectivity index (χ1n) is 3.73. The highest BCUT2D eigenvalue weighted by molar-refractivity contribution is 7.14. The van der Waals surface area contributed by atoms with Gasteiger partial charge in [-0.15, -0.1) is 11.3 Å². The Balaban J connectivity index is 3.00. The summed E-state index contributed by atoms with van der Waals surface area (Å²) in [5.41, 5.74) is 5.19. The first kappa shape index (κ1) is 9.26. The third kappa shape index (κ3) is 1.85. The summed E-state index contributed by atoms with van der Waals surface area (Å²) in [6.45, 7) is 6.28. The molecule has 0 saturated heterocycles. The van der Waals surface area contributed by atoms with E-state index in [9.17, 15) is 4.79 Å². The molecule has 1 aromatic rings. The summed E-state index contributed by atoms with van der Waals surface area (Å²) in [6.07, 6.45) is 0. The van der Waals surface area contributed by atoms with Gasteiger partial charge < -0.3 is 5.73 Å². The van der Waals surface area contributed by atoms with Crippen LogP contribution in [0.15, 0.2) is 6.07 Å². The Morgan fingerprint density at radius 2 is 2.17 bits per heavy atom. The van der Waals surface area contributed by atoms with E-state index in [0.29, 0.717) is 4.88 Å². The van der Waals surface area contributed by atoms with Gasteiger partial charge in [-0.3, -0.25) is 4.79 Å². The van der Waals surface area contributed by atoms with Crippen LogP contribution in [-0.4, -0.2) is 5.91 Å². The smallest absolute Gasteiger partial charge is 0.259 e. The molecule has 2 nitrogen and oxygen atoms in total. The lowest BCUT2D eigenvalue weighted by Gasteiger charge is -2.14. The average molecular weight is 182 g/mol. The topological polar surface area (TPSA) is 43.1 Å². The van der Waals surface area contributed by atoms with E-state index in [-0.39, 0.29) is 5.41 Å². The third-order valence-electron chi connectivity index (χ3n) is 1.51. The van der Waals surface area contributed by atoms with Crippen molar-refractivity contribution < 1.29 is 4.79 Å². The van der Waals surface area contributed by atoms with Crippen molar-refractivity contribution in [2.24, 2.45) is 5.73 Å². The Morgan fingerprint density at radius 1 is 1.58 bits per heavy atom. The van der Waals surface area contributed by atoms with Crippen LogP contribution in [0.1, 0.15) is 35.3 Å². The van der Waals surface area contributed by atoms with Crippen LogP contribution >= 0.6 is 11.3 Å². The SMILES string of the molecule is CC(C)(C)c1c[c]c(C(N)=O)s1. The van der Waals surface area contributed by atoms with Crippen molar-refractivity contribution in [2.75, 3.05) is 0 Å². The van der Waals surface area contributed by atoms with E-state index in [1.807, 2.05) is 6.07 Å². The molecule has 3 heteroatoms. The molecule has 0 unspecified atom stereocenters. The van der Waals surface area contributed by atoms with Gasteiger partial charge in [-0.05, 0) is 11.5 Å². The molecule has 0 aliphatic rings. The summed E-state index contributed by atoms with van der Waals surface area (Å²) in [4.78, 5) is 12.4. The summed E-state index contributed by atoms with van der Waals surface area (Å²) in [6, 6.07) is 4.69. The van der Waals surface area contributed by atoms with Crippen LogP contribution in [0.4, 0.5) is 0 Å². The number of primary amides is 1. The third-order valence-corrected chi connectivity index (χ3v) is 2.98. The number of hydrogen-bond donors (Lipinski definition) is 1. The maximum atomic E-state index is 10.7. The van der Waals surface area contributed by atoms with Crippen molar-refractivity contribution in [1.29, 1.82) is 0 Å². The molecule has 1 radical (unpaired) electrons. The standard InChI is InChI=1S/C9H12NOS/c1-9(2,3)7-5-4-6(12-7)8(10)11/h5H,1-3H3,(H2,10,11). The number of thiophene rings is 1. The van der Waals surface area contributed by atoms with Crippen molar-refractivity contribution in [3.8, 4) is 0 Å². The van der Waals surface area contributed by atoms with Crippen LogP contribution < -0.4 is 5.73 Å². The monoisotopic (exact) mass is 182 g/mol. The molecule has 1 rings (SSSR count). The summed E-state index contributed by atoms with van der Waals surface area (Å²) in [5, 5.41) is 0. The number of rotatable bonds is 1. The lowest BCUT2D eigenvalue weighted by Crippen LogP contribution is -2.09. The fraction of sp³-hybridized carbons (Fsp3) is 0.444. The number of carbonyl (C=O) groups excluding carboxylic acids is 1. The lowest BCUT2D eigenvalue weighted by atomic mass is 9.95. The van der Waals surface area contributed by atoms with Gasteiger partial charge in [-0.1, -0.05) is 20.8 Å². The van der Waals surface area contributed by atoms with E-state index in [1.54, 1.807) is 0 Å². The number of nitrogens with two attached hydrogens (primary N) is 1. The minimum atomic E-state index is -0.393. The molecule has 0 spiro atoms. The van der Waals surface area contributed by atoms with Crippen LogP contribution in [0, 0.1) is 6.07 Å². The molecule has 0 aliphatic heterocycles. The maximum Gasteiger partial charge on any atom is 0.259 e.